The van der Waals surface area contributed by atoms with Crippen LogP contribution >= 0.6 is 0 Å². The molecule has 0 fully saturated rings. The Labute approximate surface area is 429 Å². The molecule has 15 rings (SSSR count). The number of hydrogen-bond donors (Lipinski definition) is 0. The summed E-state index contributed by atoms with van der Waals surface area (Å²) in [6.45, 7) is 0. The molecule has 0 radical (unpaired) electrons. The highest BCUT2D eigenvalue weighted by Crippen LogP contribution is 2.46. The lowest BCUT2D eigenvalue weighted by atomic mass is 9.96. The fraction of sp³-hybridized carbons (Fsp3) is 0. The molecule has 0 amide bonds. The Kier molecular flexibility index (Phi) is 9.67. The van der Waals surface area contributed by atoms with Gasteiger partial charge in [-0.1, -0.05) is 218 Å². The van der Waals surface area contributed by atoms with Gasteiger partial charge in [0.2, 0.25) is 11.9 Å². The van der Waals surface area contributed by atoms with E-state index in [9.17, 15) is 0 Å². The summed E-state index contributed by atoms with van der Waals surface area (Å²) in [5.41, 5.74) is 13.2. The highest BCUT2D eigenvalue weighted by molar-refractivity contribution is 6.22. The molecule has 0 aliphatic heterocycles. The first-order valence-corrected chi connectivity index (χ1v) is 25.0. The molecule has 9 heteroatoms. The van der Waals surface area contributed by atoms with Gasteiger partial charge >= 0.3 is 0 Å². The van der Waals surface area contributed by atoms with Gasteiger partial charge in [0.15, 0.2) is 23.3 Å². The van der Waals surface area contributed by atoms with E-state index < -0.39 is 0 Å². The van der Waals surface area contributed by atoms with Gasteiger partial charge in [0.25, 0.3) is 0 Å². The summed E-state index contributed by atoms with van der Waals surface area (Å²) in [6.07, 6.45) is 0. The third-order valence-electron chi connectivity index (χ3n) is 14.3. The second-order valence-electron chi connectivity index (χ2n) is 18.6. The number of furan rings is 1. The fourth-order valence-electron chi connectivity index (χ4n) is 11.0. The van der Waals surface area contributed by atoms with Gasteiger partial charge in [-0.25, -0.2) is 9.97 Å². The number of rotatable bonds is 8. The summed E-state index contributed by atoms with van der Waals surface area (Å²) in [7, 11) is 0. The lowest BCUT2D eigenvalue weighted by molar-refractivity contribution is 0.671. The van der Waals surface area contributed by atoms with Crippen molar-refractivity contribution in [3.8, 4) is 79.7 Å². The Morgan fingerprint density at radius 1 is 0.240 bits per heavy atom. The van der Waals surface area contributed by atoms with Crippen molar-refractivity contribution in [2.45, 2.75) is 0 Å². The summed E-state index contributed by atoms with van der Waals surface area (Å²) in [5, 5.41) is 6.37. The maximum atomic E-state index is 7.31. The SMILES string of the molecule is c1ccc(-c2nc(-c3ccccc3)nc(-n3c4ccccc4c4c(-c5cccc6c5oc5c(-c7cccc8c7c7ccccc7n8-c7nc(-c8ccccc8)nc(-c8ccccc8)n7)cccc56)cccc43)n2)cc1. The number of fused-ring (bicyclic) bond motifs is 9. The minimum absolute atomic E-state index is 0.539. The van der Waals surface area contributed by atoms with Crippen molar-refractivity contribution in [3.05, 3.63) is 243 Å². The van der Waals surface area contributed by atoms with Crippen molar-refractivity contribution in [1.29, 1.82) is 0 Å². The molecule has 5 heterocycles. The average Bonchev–Trinajstić information content (AvgIpc) is 4.19. The van der Waals surface area contributed by atoms with Gasteiger partial charge in [0, 0.05) is 65.7 Å². The minimum Gasteiger partial charge on any atom is -0.455 e. The number of nitrogens with zero attached hydrogens (tertiary/aromatic N) is 8. The first kappa shape index (κ1) is 42.3. The van der Waals surface area contributed by atoms with Crippen molar-refractivity contribution in [1.82, 2.24) is 39.0 Å². The van der Waals surface area contributed by atoms with E-state index in [4.69, 9.17) is 34.3 Å². The van der Waals surface area contributed by atoms with Gasteiger partial charge in [-0.3, -0.25) is 9.13 Å². The molecule has 0 saturated heterocycles. The van der Waals surface area contributed by atoms with Crippen molar-refractivity contribution in [2.24, 2.45) is 0 Å². The monoisotopic (exact) mass is 960 g/mol. The molecule has 0 bridgehead atoms. The van der Waals surface area contributed by atoms with Crippen LogP contribution in [0.4, 0.5) is 0 Å². The molecule has 10 aromatic carbocycles. The largest absolute Gasteiger partial charge is 0.455 e. The van der Waals surface area contributed by atoms with Crippen LogP contribution in [0.25, 0.3) is 145 Å². The predicted molar refractivity (Wildman–Crippen MR) is 302 cm³/mol. The number of hydrogen-bond acceptors (Lipinski definition) is 7. The zero-order chi connectivity index (χ0) is 49.4. The maximum absolute atomic E-state index is 7.31. The van der Waals surface area contributed by atoms with Crippen LogP contribution in [0.5, 0.6) is 0 Å². The second kappa shape index (κ2) is 17.1. The lowest BCUT2D eigenvalue weighted by Crippen LogP contribution is -2.06. The Hall–Kier alpha value is -10.4. The minimum atomic E-state index is 0.539. The van der Waals surface area contributed by atoms with Crippen LogP contribution in [0.3, 0.4) is 0 Å². The van der Waals surface area contributed by atoms with Crippen LogP contribution in [0.15, 0.2) is 247 Å². The molecule has 75 heavy (non-hydrogen) atoms. The van der Waals surface area contributed by atoms with Crippen LogP contribution in [0, 0.1) is 0 Å². The van der Waals surface area contributed by atoms with E-state index >= 15 is 0 Å². The summed E-state index contributed by atoms with van der Waals surface area (Å²) in [4.78, 5) is 30.8. The molecule has 0 atom stereocenters. The molecule has 0 spiro atoms. The van der Waals surface area contributed by atoms with Gasteiger partial charge < -0.3 is 4.42 Å². The molecule has 350 valence electrons. The predicted octanol–water partition coefficient (Wildman–Crippen LogP) is 16.2. The lowest BCUT2D eigenvalue weighted by Gasteiger charge is -2.11. The second-order valence-corrected chi connectivity index (χ2v) is 18.6. The van der Waals surface area contributed by atoms with Crippen LogP contribution < -0.4 is 0 Å². The van der Waals surface area contributed by atoms with E-state index in [1.165, 1.54) is 0 Å². The molecular formula is C66H40N8O. The van der Waals surface area contributed by atoms with E-state index in [1.807, 2.05) is 121 Å². The van der Waals surface area contributed by atoms with Gasteiger partial charge in [-0.2, -0.15) is 19.9 Å². The zero-order valence-corrected chi connectivity index (χ0v) is 40.1. The first-order valence-electron chi connectivity index (χ1n) is 25.0. The molecule has 0 unspecified atom stereocenters. The van der Waals surface area contributed by atoms with E-state index in [1.54, 1.807) is 0 Å². The number of aromatic nitrogens is 8. The zero-order valence-electron chi connectivity index (χ0n) is 40.1. The van der Waals surface area contributed by atoms with Gasteiger partial charge in [-0.15, -0.1) is 0 Å². The van der Waals surface area contributed by atoms with Crippen LogP contribution in [0.2, 0.25) is 0 Å². The summed E-state index contributed by atoms with van der Waals surface area (Å²) in [6, 6.07) is 83.3. The normalized spacial score (nSPS) is 11.7. The highest BCUT2D eigenvalue weighted by atomic mass is 16.3. The van der Waals surface area contributed by atoms with E-state index in [2.05, 4.69) is 130 Å². The standard InChI is InChI=1S/C66H40N8O/c1-5-21-41(22-6-1)61-67-62(42-23-7-2-8-24-42)70-65(69-61)73-53-37-15-13-29-51(53)57-45(31-19-39-55(57)73)47-33-17-35-49-50-36-18-34-48(60(50)75-59(47)49)46-32-20-40-56-58(46)52-30-14-16-38-54(52)74(56)66-71-63(43-25-9-3-10-26-43)68-64(72-66)44-27-11-4-12-28-44/h1-40H. The number of benzene rings is 10. The van der Waals surface area contributed by atoms with Gasteiger partial charge in [-0.05, 0) is 35.4 Å². The van der Waals surface area contributed by atoms with Crippen molar-refractivity contribution >= 4 is 65.6 Å². The topological polar surface area (TPSA) is 100 Å². The van der Waals surface area contributed by atoms with Crippen molar-refractivity contribution in [2.75, 3.05) is 0 Å². The van der Waals surface area contributed by atoms with Crippen LogP contribution in [0.1, 0.15) is 0 Å². The molecule has 0 N–H and O–H groups in total. The molecule has 0 aliphatic rings. The Balaban J connectivity index is 0.927. The third-order valence-corrected chi connectivity index (χ3v) is 14.3. The smallest absolute Gasteiger partial charge is 0.238 e. The number of para-hydroxylation sites is 4. The van der Waals surface area contributed by atoms with Gasteiger partial charge in [0.1, 0.15) is 11.2 Å². The molecule has 0 saturated carbocycles. The molecule has 15 aromatic rings. The van der Waals surface area contributed by atoms with Crippen molar-refractivity contribution in [3.63, 3.8) is 0 Å². The summed E-state index contributed by atoms with van der Waals surface area (Å²) < 4.78 is 11.7. The van der Waals surface area contributed by atoms with Crippen molar-refractivity contribution < 1.29 is 4.42 Å². The first-order chi connectivity index (χ1) is 37.2. The van der Waals surface area contributed by atoms with E-state index in [0.29, 0.717) is 35.2 Å². The Bertz CT molecular complexity index is 4290. The summed E-state index contributed by atoms with van der Waals surface area (Å²) in [5.74, 6) is 3.48. The van der Waals surface area contributed by atoms with E-state index in [-0.39, 0.29) is 0 Å². The summed E-state index contributed by atoms with van der Waals surface area (Å²) >= 11 is 0. The Morgan fingerprint density at radius 3 is 0.907 bits per heavy atom. The Morgan fingerprint density at radius 2 is 0.533 bits per heavy atom. The van der Waals surface area contributed by atoms with Crippen LogP contribution in [-0.2, 0) is 0 Å². The molecular weight excluding hydrogens is 921 g/mol. The van der Waals surface area contributed by atoms with Gasteiger partial charge in [0.05, 0.1) is 22.1 Å². The quantitative estimate of drug-likeness (QED) is 0.149. The molecule has 0 aliphatic carbocycles. The highest BCUT2D eigenvalue weighted by Gasteiger charge is 2.25. The average molecular weight is 961 g/mol. The molecule has 5 aromatic heterocycles. The maximum Gasteiger partial charge on any atom is 0.238 e. The van der Waals surface area contributed by atoms with E-state index in [0.717, 1.165) is 110 Å². The van der Waals surface area contributed by atoms with Crippen LogP contribution in [-0.4, -0.2) is 39.0 Å². The fourth-order valence-corrected chi connectivity index (χ4v) is 11.0. The molecule has 9 nitrogen and oxygen atoms in total. The third kappa shape index (κ3) is 6.86.